The molecule has 0 spiro atoms. The van der Waals surface area contributed by atoms with Crippen LogP contribution in [-0.2, 0) is 0 Å². The third-order valence-corrected chi connectivity index (χ3v) is 2.60. The predicted molar refractivity (Wildman–Crippen MR) is 80.1 cm³/mol. The van der Waals surface area contributed by atoms with Gasteiger partial charge in [0.25, 0.3) is 0 Å². The smallest absolute Gasteiger partial charge is 0.0383 e. The van der Waals surface area contributed by atoms with E-state index in [2.05, 4.69) is 41.5 Å². The summed E-state index contributed by atoms with van der Waals surface area (Å²) in [5.74, 6) is 0. The van der Waals surface area contributed by atoms with E-state index in [9.17, 15) is 0 Å². The molecule has 0 radical (unpaired) electrons. The van der Waals surface area contributed by atoms with Crippen LogP contribution in [0.2, 0.25) is 0 Å². The molecule has 0 aromatic carbocycles. The molecule has 0 atom stereocenters. The van der Waals surface area contributed by atoms with Gasteiger partial charge in [0.2, 0.25) is 0 Å². The molecule has 0 aliphatic heterocycles. The highest BCUT2D eigenvalue weighted by atomic mass is 14.2. The summed E-state index contributed by atoms with van der Waals surface area (Å²) >= 11 is 0. The lowest BCUT2D eigenvalue weighted by atomic mass is 9.87. The molecule has 0 bridgehead atoms. The number of hydrogen-bond donors (Lipinski definition) is 0. The molecule has 102 valence electrons. The average Bonchev–Trinajstić information content (AvgIpc) is 1.92. The lowest BCUT2D eigenvalue weighted by Gasteiger charge is -2.19. The van der Waals surface area contributed by atoms with Crippen LogP contribution in [0, 0.1) is 10.8 Å². The highest BCUT2D eigenvalue weighted by Crippen LogP contribution is 2.25. The van der Waals surface area contributed by atoms with Gasteiger partial charge in [-0.2, -0.15) is 0 Å². The van der Waals surface area contributed by atoms with Gasteiger partial charge < -0.3 is 0 Å². The van der Waals surface area contributed by atoms with Crippen molar-refractivity contribution in [2.75, 3.05) is 0 Å². The van der Waals surface area contributed by atoms with Crippen LogP contribution in [0.4, 0.5) is 0 Å². The molecular formula is C16H38. The van der Waals surface area contributed by atoms with Crippen LogP contribution in [-0.4, -0.2) is 0 Å². The van der Waals surface area contributed by atoms with Crippen molar-refractivity contribution in [2.24, 2.45) is 10.8 Å². The van der Waals surface area contributed by atoms with Crippen molar-refractivity contribution in [2.45, 2.75) is 94.9 Å². The maximum atomic E-state index is 2.34. The van der Waals surface area contributed by atoms with Crippen molar-refractivity contribution in [1.82, 2.24) is 0 Å². The van der Waals surface area contributed by atoms with Crippen LogP contribution in [0.25, 0.3) is 0 Å². The minimum atomic E-state index is 0. The van der Waals surface area contributed by atoms with E-state index in [1.165, 1.54) is 38.5 Å². The van der Waals surface area contributed by atoms with Gasteiger partial charge in [-0.05, 0) is 23.7 Å². The molecule has 0 nitrogen and oxygen atoms in total. The molecule has 0 heteroatoms. The fourth-order valence-electron chi connectivity index (χ4n) is 1.66. The van der Waals surface area contributed by atoms with Crippen LogP contribution < -0.4 is 0 Å². The Kier molecular flexibility index (Phi) is 12.1. The van der Waals surface area contributed by atoms with Gasteiger partial charge in [0.1, 0.15) is 0 Å². The first-order chi connectivity index (χ1) is 6.21. The standard InChI is InChI=1S/C14H30.2CH4/c1-13(2,3)11-9-7-8-10-12-14(4,5)6;;/h7-12H2,1-6H3;2*1H4. The second-order valence-electron chi connectivity index (χ2n) is 7.04. The lowest BCUT2D eigenvalue weighted by Crippen LogP contribution is -2.05. The van der Waals surface area contributed by atoms with Crippen molar-refractivity contribution in [3.63, 3.8) is 0 Å². The van der Waals surface area contributed by atoms with Gasteiger partial charge in [0.05, 0.1) is 0 Å². The highest BCUT2D eigenvalue weighted by molar-refractivity contribution is 4.63. The normalized spacial score (nSPS) is 11.6. The Balaban J connectivity index is -0.000000845. The fraction of sp³-hybridized carbons (Fsp3) is 1.00. The first-order valence-electron chi connectivity index (χ1n) is 6.21. The van der Waals surface area contributed by atoms with Crippen molar-refractivity contribution in [3.8, 4) is 0 Å². The molecule has 0 amide bonds. The monoisotopic (exact) mass is 230 g/mol. The van der Waals surface area contributed by atoms with Crippen LogP contribution in [0.15, 0.2) is 0 Å². The van der Waals surface area contributed by atoms with E-state index in [1.807, 2.05) is 0 Å². The van der Waals surface area contributed by atoms with Gasteiger partial charge in [-0.15, -0.1) is 0 Å². The molecule has 0 N–H and O–H groups in total. The Bertz CT molecular complexity index is 113. The lowest BCUT2D eigenvalue weighted by molar-refractivity contribution is 0.337. The number of hydrogen-bond acceptors (Lipinski definition) is 0. The molecule has 0 aliphatic carbocycles. The zero-order valence-electron chi connectivity index (χ0n) is 11.2. The first-order valence-corrected chi connectivity index (χ1v) is 6.21. The summed E-state index contributed by atoms with van der Waals surface area (Å²) in [5, 5.41) is 0. The summed E-state index contributed by atoms with van der Waals surface area (Å²) in [7, 11) is 0. The Hall–Kier alpha value is 0. The summed E-state index contributed by atoms with van der Waals surface area (Å²) in [6.07, 6.45) is 8.42. The summed E-state index contributed by atoms with van der Waals surface area (Å²) < 4.78 is 0. The van der Waals surface area contributed by atoms with Gasteiger partial charge in [0, 0.05) is 0 Å². The Labute approximate surface area is 106 Å². The molecule has 0 aromatic rings. The van der Waals surface area contributed by atoms with Crippen molar-refractivity contribution in [3.05, 3.63) is 0 Å². The van der Waals surface area contributed by atoms with E-state index >= 15 is 0 Å². The second kappa shape index (κ2) is 9.07. The van der Waals surface area contributed by atoms with Gasteiger partial charge in [0.15, 0.2) is 0 Å². The van der Waals surface area contributed by atoms with Gasteiger partial charge in [-0.1, -0.05) is 82.1 Å². The van der Waals surface area contributed by atoms with Gasteiger partial charge >= 0.3 is 0 Å². The predicted octanol–water partition coefficient (Wildman–Crippen LogP) is 6.69. The van der Waals surface area contributed by atoms with Crippen molar-refractivity contribution in [1.29, 1.82) is 0 Å². The van der Waals surface area contributed by atoms with E-state index in [0.717, 1.165) is 0 Å². The summed E-state index contributed by atoms with van der Waals surface area (Å²) in [4.78, 5) is 0. The van der Waals surface area contributed by atoms with Crippen molar-refractivity contribution >= 4 is 0 Å². The van der Waals surface area contributed by atoms with Crippen LogP contribution >= 0.6 is 0 Å². The van der Waals surface area contributed by atoms with Crippen LogP contribution in [0.5, 0.6) is 0 Å². The van der Waals surface area contributed by atoms with E-state index in [1.54, 1.807) is 0 Å². The molecule has 0 aliphatic rings. The average molecular weight is 230 g/mol. The minimum Gasteiger partial charge on any atom is -0.0776 e. The third kappa shape index (κ3) is 19.6. The van der Waals surface area contributed by atoms with Crippen LogP contribution in [0.1, 0.15) is 94.9 Å². The third-order valence-electron chi connectivity index (χ3n) is 2.60. The van der Waals surface area contributed by atoms with E-state index in [0.29, 0.717) is 10.8 Å². The van der Waals surface area contributed by atoms with Crippen molar-refractivity contribution < 1.29 is 0 Å². The molecule has 0 unspecified atom stereocenters. The molecule has 0 aromatic heterocycles. The van der Waals surface area contributed by atoms with E-state index in [4.69, 9.17) is 0 Å². The fourth-order valence-corrected chi connectivity index (χ4v) is 1.66. The van der Waals surface area contributed by atoms with Crippen LogP contribution in [0.3, 0.4) is 0 Å². The minimum absolute atomic E-state index is 0. The molecule has 0 saturated heterocycles. The number of unbranched alkanes of at least 4 members (excludes halogenated alkanes) is 3. The maximum absolute atomic E-state index is 2.34. The molecule has 0 heterocycles. The topological polar surface area (TPSA) is 0 Å². The van der Waals surface area contributed by atoms with E-state index in [-0.39, 0.29) is 14.9 Å². The molecule has 0 fully saturated rings. The van der Waals surface area contributed by atoms with E-state index < -0.39 is 0 Å². The highest BCUT2D eigenvalue weighted by Gasteiger charge is 2.10. The zero-order chi connectivity index (χ0) is 11.2. The second-order valence-corrected chi connectivity index (χ2v) is 7.04. The van der Waals surface area contributed by atoms with Gasteiger partial charge in [-0.25, -0.2) is 0 Å². The summed E-state index contributed by atoms with van der Waals surface area (Å²) in [6, 6.07) is 0. The molecular weight excluding hydrogens is 192 g/mol. The quantitative estimate of drug-likeness (QED) is 0.461. The maximum Gasteiger partial charge on any atom is -0.0383 e. The Morgan fingerprint density at radius 3 is 0.938 bits per heavy atom. The first kappa shape index (κ1) is 21.3. The Morgan fingerprint density at radius 1 is 0.500 bits per heavy atom. The largest absolute Gasteiger partial charge is 0.0776 e. The molecule has 0 saturated carbocycles. The molecule has 0 rings (SSSR count). The van der Waals surface area contributed by atoms with Gasteiger partial charge in [-0.3, -0.25) is 0 Å². The zero-order valence-corrected chi connectivity index (χ0v) is 11.2. The Morgan fingerprint density at radius 2 is 0.750 bits per heavy atom. The summed E-state index contributed by atoms with van der Waals surface area (Å²) in [5.41, 5.74) is 1.06. The molecule has 16 heavy (non-hydrogen) atoms. The summed E-state index contributed by atoms with van der Waals surface area (Å²) in [6.45, 7) is 14.0. The number of rotatable bonds is 5. The SMILES string of the molecule is C.C.CC(C)(C)CCCCCCC(C)(C)C.